The number of nitrogens with zero attached hydrogens (tertiary/aromatic N) is 3. The average molecular weight is 405 g/mol. The molecule has 2 N–H and O–H groups in total. The van der Waals surface area contributed by atoms with Gasteiger partial charge < -0.3 is 20.1 Å². The number of benzene rings is 2. The maximum absolute atomic E-state index is 13.4. The normalized spacial score (nSPS) is 15.3. The number of aromatic nitrogens is 3. The summed E-state index contributed by atoms with van der Waals surface area (Å²) in [7, 11) is 3.19. The van der Waals surface area contributed by atoms with Crippen molar-refractivity contribution in [2.75, 3.05) is 24.9 Å². The van der Waals surface area contributed by atoms with Crippen LogP contribution in [0.1, 0.15) is 24.4 Å². The van der Waals surface area contributed by atoms with Crippen molar-refractivity contribution in [3.8, 4) is 11.5 Å². The highest BCUT2D eigenvalue weighted by molar-refractivity contribution is 6.06. The van der Waals surface area contributed by atoms with Crippen molar-refractivity contribution in [1.82, 2.24) is 14.8 Å². The van der Waals surface area contributed by atoms with Crippen molar-refractivity contribution >= 4 is 17.5 Å². The quantitative estimate of drug-likeness (QED) is 0.675. The highest BCUT2D eigenvalue weighted by Gasteiger charge is 2.34. The molecule has 8 heteroatoms. The zero-order chi connectivity index (χ0) is 21.3. The minimum atomic E-state index is -0.442. The standard InChI is InChI=1S/C22H23N5O3/c1-13-19(21(28)25-17-7-5-6-8-18(17)30-4)20(15-9-11-16(29-3)12-10-15)27-22(23-13)24-14(2)26-27/h5-12,20H,1-4H3,(H,25,28)(H,23,24,26)/t20-/m0/s1. The number of rotatable bonds is 5. The van der Waals surface area contributed by atoms with Gasteiger partial charge in [0.25, 0.3) is 5.91 Å². The molecule has 0 saturated heterocycles. The Morgan fingerprint density at radius 1 is 1.07 bits per heavy atom. The summed E-state index contributed by atoms with van der Waals surface area (Å²) in [6.45, 7) is 3.68. The highest BCUT2D eigenvalue weighted by atomic mass is 16.5. The summed E-state index contributed by atoms with van der Waals surface area (Å²) in [6, 6.07) is 14.5. The van der Waals surface area contributed by atoms with Gasteiger partial charge >= 0.3 is 0 Å². The smallest absolute Gasteiger partial charge is 0.255 e. The van der Waals surface area contributed by atoms with E-state index in [1.807, 2.05) is 50.2 Å². The average Bonchev–Trinajstić information content (AvgIpc) is 3.12. The third kappa shape index (κ3) is 3.47. The number of hydrogen-bond acceptors (Lipinski definition) is 6. The molecule has 2 heterocycles. The van der Waals surface area contributed by atoms with Crippen LogP contribution in [-0.4, -0.2) is 34.9 Å². The molecule has 0 fully saturated rings. The fourth-order valence-electron chi connectivity index (χ4n) is 3.58. The first kappa shape index (κ1) is 19.5. The van der Waals surface area contributed by atoms with Crippen LogP contribution in [0.25, 0.3) is 0 Å². The molecule has 1 aromatic heterocycles. The lowest BCUT2D eigenvalue weighted by molar-refractivity contribution is -0.113. The van der Waals surface area contributed by atoms with Gasteiger partial charge in [-0.2, -0.15) is 10.1 Å². The molecule has 154 valence electrons. The van der Waals surface area contributed by atoms with E-state index in [2.05, 4.69) is 20.7 Å². The van der Waals surface area contributed by atoms with Crippen LogP contribution >= 0.6 is 0 Å². The number of para-hydroxylation sites is 2. The third-order valence-electron chi connectivity index (χ3n) is 4.99. The summed E-state index contributed by atoms with van der Waals surface area (Å²) in [5.41, 5.74) is 2.75. The summed E-state index contributed by atoms with van der Waals surface area (Å²) in [4.78, 5) is 17.9. The van der Waals surface area contributed by atoms with Crippen LogP contribution in [0.15, 0.2) is 59.8 Å². The lowest BCUT2D eigenvalue weighted by atomic mass is 9.95. The van der Waals surface area contributed by atoms with Crippen LogP contribution in [0.3, 0.4) is 0 Å². The van der Waals surface area contributed by atoms with Crippen LogP contribution in [0.5, 0.6) is 11.5 Å². The molecule has 2 aromatic carbocycles. The largest absolute Gasteiger partial charge is 0.497 e. The molecule has 1 amide bonds. The van der Waals surface area contributed by atoms with E-state index in [9.17, 15) is 4.79 Å². The maximum Gasteiger partial charge on any atom is 0.255 e. The van der Waals surface area contributed by atoms with Gasteiger partial charge in [0.2, 0.25) is 5.95 Å². The summed E-state index contributed by atoms with van der Waals surface area (Å²) >= 11 is 0. The Hall–Kier alpha value is -3.81. The number of fused-ring (bicyclic) bond motifs is 1. The first-order valence-corrected chi connectivity index (χ1v) is 9.51. The van der Waals surface area contributed by atoms with E-state index in [4.69, 9.17) is 9.47 Å². The molecule has 4 rings (SSSR count). The molecule has 1 aliphatic rings. The zero-order valence-corrected chi connectivity index (χ0v) is 17.3. The fraction of sp³-hybridized carbons (Fsp3) is 0.227. The van der Waals surface area contributed by atoms with E-state index >= 15 is 0 Å². The van der Waals surface area contributed by atoms with Crippen molar-refractivity contribution in [3.05, 3.63) is 71.2 Å². The third-order valence-corrected chi connectivity index (χ3v) is 4.99. The molecule has 8 nitrogen and oxygen atoms in total. The molecule has 0 unspecified atom stereocenters. The van der Waals surface area contributed by atoms with Crippen molar-refractivity contribution in [3.63, 3.8) is 0 Å². The Morgan fingerprint density at radius 3 is 2.50 bits per heavy atom. The molecule has 0 saturated carbocycles. The van der Waals surface area contributed by atoms with E-state index < -0.39 is 6.04 Å². The summed E-state index contributed by atoms with van der Waals surface area (Å²) in [5, 5.41) is 10.7. The Bertz CT molecular complexity index is 1120. The number of aryl methyl sites for hydroxylation is 1. The Morgan fingerprint density at radius 2 is 1.80 bits per heavy atom. The summed E-state index contributed by atoms with van der Waals surface area (Å²) in [5.74, 6) is 2.30. The van der Waals surface area contributed by atoms with Crippen LogP contribution in [0.2, 0.25) is 0 Å². The Labute approximate surface area is 174 Å². The Kier molecular flexibility index (Phi) is 5.14. The fourth-order valence-corrected chi connectivity index (χ4v) is 3.58. The van der Waals surface area contributed by atoms with Gasteiger partial charge in [0.1, 0.15) is 23.4 Å². The van der Waals surface area contributed by atoms with Crippen LogP contribution < -0.4 is 20.1 Å². The SMILES string of the molecule is COc1ccc([C@H]2C(C(=O)Nc3ccccc3OC)=C(C)Nc3nc(C)nn32)cc1. The molecule has 30 heavy (non-hydrogen) atoms. The van der Waals surface area contributed by atoms with Gasteiger partial charge in [-0.1, -0.05) is 24.3 Å². The first-order valence-electron chi connectivity index (χ1n) is 9.51. The van der Waals surface area contributed by atoms with E-state index in [0.717, 1.165) is 11.3 Å². The van der Waals surface area contributed by atoms with Gasteiger partial charge in [0, 0.05) is 5.70 Å². The second-order valence-corrected chi connectivity index (χ2v) is 6.92. The van der Waals surface area contributed by atoms with Crippen LogP contribution in [-0.2, 0) is 4.79 Å². The minimum absolute atomic E-state index is 0.246. The lowest BCUT2D eigenvalue weighted by Gasteiger charge is -2.29. The number of methoxy groups -OCH3 is 2. The van der Waals surface area contributed by atoms with Gasteiger partial charge in [0.05, 0.1) is 25.5 Å². The number of allylic oxidation sites excluding steroid dienone is 1. The first-order chi connectivity index (χ1) is 14.5. The Balaban J connectivity index is 1.77. The lowest BCUT2D eigenvalue weighted by Crippen LogP contribution is -2.31. The van der Waals surface area contributed by atoms with Crippen molar-refractivity contribution in [2.24, 2.45) is 0 Å². The molecule has 1 atom stereocenters. The summed E-state index contributed by atoms with van der Waals surface area (Å²) < 4.78 is 12.4. The number of carbonyl (C=O) groups excluding carboxylic acids is 1. The minimum Gasteiger partial charge on any atom is -0.497 e. The number of nitrogens with one attached hydrogen (secondary N) is 2. The monoisotopic (exact) mass is 405 g/mol. The highest BCUT2D eigenvalue weighted by Crippen LogP contribution is 2.36. The van der Waals surface area contributed by atoms with E-state index in [0.29, 0.717) is 34.5 Å². The van der Waals surface area contributed by atoms with Gasteiger partial charge in [-0.25, -0.2) is 4.68 Å². The molecular weight excluding hydrogens is 382 g/mol. The van der Waals surface area contributed by atoms with Gasteiger partial charge in [-0.05, 0) is 43.7 Å². The number of ether oxygens (including phenoxy) is 2. The number of carbonyl (C=O) groups is 1. The molecule has 0 radical (unpaired) electrons. The number of hydrogen-bond donors (Lipinski definition) is 2. The molecule has 0 aliphatic carbocycles. The number of amides is 1. The zero-order valence-electron chi connectivity index (χ0n) is 17.3. The molecular formula is C22H23N5O3. The van der Waals surface area contributed by atoms with Gasteiger partial charge in [-0.3, -0.25) is 4.79 Å². The summed E-state index contributed by atoms with van der Waals surface area (Å²) in [6.07, 6.45) is 0. The van der Waals surface area contributed by atoms with Gasteiger partial charge in [0.15, 0.2) is 0 Å². The number of anilines is 2. The second-order valence-electron chi connectivity index (χ2n) is 6.92. The van der Waals surface area contributed by atoms with E-state index in [1.165, 1.54) is 0 Å². The van der Waals surface area contributed by atoms with E-state index in [1.54, 1.807) is 31.0 Å². The van der Waals surface area contributed by atoms with Crippen molar-refractivity contribution in [2.45, 2.75) is 19.9 Å². The molecule has 0 spiro atoms. The molecule has 3 aromatic rings. The molecule has 0 bridgehead atoms. The topological polar surface area (TPSA) is 90.3 Å². The second kappa shape index (κ2) is 7.90. The predicted molar refractivity (Wildman–Crippen MR) is 114 cm³/mol. The van der Waals surface area contributed by atoms with E-state index in [-0.39, 0.29) is 5.91 Å². The van der Waals surface area contributed by atoms with Crippen LogP contribution in [0.4, 0.5) is 11.6 Å². The van der Waals surface area contributed by atoms with Crippen molar-refractivity contribution < 1.29 is 14.3 Å². The maximum atomic E-state index is 13.4. The van der Waals surface area contributed by atoms with Crippen LogP contribution in [0, 0.1) is 6.92 Å². The predicted octanol–water partition coefficient (Wildman–Crippen LogP) is 3.53. The van der Waals surface area contributed by atoms with Crippen molar-refractivity contribution in [1.29, 1.82) is 0 Å². The van der Waals surface area contributed by atoms with Gasteiger partial charge in [-0.15, -0.1) is 0 Å². The molecule has 1 aliphatic heterocycles.